The van der Waals surface area contributed by atoms with Gasteiger partial charge in [0.05, 0.1) is 6.61 Å². The van der Waals surface area contributed by atoms with Crippen molar-refractivity contribution in [3.63, 3.8) is 0 Å². The van der Waals surface area contributed by atoms with Crippen LogP contribution in [-0.4, -0.2) is 30.4 Å². The number of likely N-dealkylation sites (N-methyl/N-ethyl adjacent to an activating group) is 1. The van der Waals surface area contributed by atoms with Crippen LogP contribution in [0, 0.1) is 11.6 Å². The lowest BCUT2D eigenvalue weighted by Crippen LogP contribution is -2.44. The molecule has 0 radical (unpaired) electrons. The molecule has 0 heterocycles. The zero-order valence-corrected chi connectivity index (χ0v) is 10.2. The summed E-state index contributed by atoms with van der Waals surface area (Å²) in [7, 11) is 1.78. The third-order valence-corrected chi connectivity index (χ3v) is 3.61. The van der Waals surface area contributed by atoms with Gasteiger partial charge in [0.1, 0.15) is 6.10 Å². The Kier molecular flexibility index (Phi) is 3.82. The van der Waals surface area contributed by atoms with E-state index in [-0.39, 0.29) is 24.0 Å². The molecule has 0 spiro atoms. The number of ether oxygens (including phenoxy) is 1. The van der Waals surface area contributed by atoms with Crippen molar-refractivity contribution in [1.82, 2.24) is 5.32 Å². The molecule has 2 N–H and O–H groups in total. The Labute approximate surface area is 105 Å². The second-order valence-corrected chi connectivity index (χ2v) is 4.72. The van der Waals surface area contributed by atoms with Crippen LogP contribution in [0.5, 0.6) is 5.75 Å². The number of aliphatic hydroxyl groups excluding tert-OH is 1. The molecule has 0 bridgehead atoms. The van der Waals surface area contributed by atoms with Crippen LogP contribution in [0.25, 0.3) is 0 Å². The number of nitrogens with one attached hydrogen (secondary N) is 1. The zero-order valence-electron chi connectivity index (χ0n) is 10.2. The standard InChI is InChI=1S/C13H17F2NO2/c1-16-13(8-17)6-5-9(7-13)18-11-4-2-3-10(14)12(11)15/h2-4,9,16-17H,5-8H2,1H3. The smallest absolute Gasteiger partial charge is 0.200 e. The molecule has 1 aromatic rings. The molecule has 2 unspecified atom stereocenters. The third-order valence-electron chi connectivity index (χ3n) is 3.61. The van der Waals surface area contributed by atoms with Gasteiger partial charge in [0.15, 0.2) is 11.6 Å². The van der Waals surface area contributed by atoms with Crippen LogP contribution >= 0.6 is 0 Å². The first kappa shape index (κ1) is 13.2. The maximum absolute atomic E-state index is 13.4. The van der Waals surface area contributed by atoms with Gasteiger partial charge in [0, 0.05) is 12.0 Å². The van der Waals surface area contributed by atoms with Gasteiger partial charge in [-0.15, -0.1) is 0 Å². The normalized spacial score (nSPS) is 27.4. The number of benzene rings is 1. The number of hydrogen-bond donors (Lipinski definition) is 2. The molecular formula is C13H17F2NO2. The van der Waals surface area contributed by atoms with E-state index < -0.39 is 11.6 Å². The van der Waals surface area contributed by atoms with E-state index in [0.717, 1.165) is 12.5 Å². The van der Waals surface area contributed by atoms with Gasteiger partial charge in [0.2, 0.25) is 5.82 Å². The van der Waals surface area contributed by atoms with Gasteiger partial charge in [0.25, 0.3) is 0 Å². The minimum absolute atomic E-state index is 0.00892. The number of rotatable bonds is 4. The molecule has 5 heteroatoms. The van der Waals surface area contributed by atoms with E-state index in [4.69, 9.17) is 4.74 Å². The van der Waals surface area contributed by atoms with Crippen molar-refractivity contribution >= 4 is 0 Å². The summed E-state index contributed by atoms with van der Waals surface area (Å²) in [6.07, 6.45) is 1.83. The SMILES string of the molecule is CNC1(CO)CCC(Oc2cccc(F)c2F)C1. The van der Waals surface area contributed by atoms with Crippen LogP contribution in [0.4, 0.5) is 8.78 Å². The first-order valence-electron chi connectivity index (χ1n) is 6.01. The minimum Gasteiger partial charge on any atom is -0.487 e. The number of halogens is 2. The van der Waals surface area contributed by atoms with Gasteiger partial charge in [-0.3, -0.25) is 0 Å². The minimum atomic E-state index is -0.955. The highest BCUT2D eigenvalue weighted by Gasteiger charge is 2.38. The summed E-state index contributed by atoms with van der Waals surface area (Å²) in [6.45, 7) is 0.00892. The quantitative estimate of drug-likeness (QED) is 0.865. The Morgan fingerprint density at radius 1 is 1.50 bits per heavy atom. The maximum atomic E-state index is 13.4. The highest BCUT2D eigenvalue weighted by Crippen LogP contribution is 2.33. The molecule has 1 aliphatic rings. The monoisotopic (exact) mass is 257 g/mol. The summed E-state index contributed by atoms with van der Waals surface area (Å²) < 4.78 is 32.0. The van der Waals surface area contributed by atoms with E-state index in [1.54, 1.807) is 7.05 Å². The van der Waals surface area contributed by atoms with Crippen molar-refractivity contribution in [2.24, 2.45) is 0 Å². The van der Waals surface area contributed by atoms with Crippen molar-refractivity contribution in [2.45, 2.75) is 30.9 Å². The molecule has 1 fully saturated rings. The number of aliphatic hydroxyl groups is 1. The Bertz CT molecular complexity index is 421. The van der Waals surface area contributed by atoms with Crippen LogP contribution < -0.4 is 10.1 Å². The predicted octanol–water partition coefficient (Wildman–Crippen LogP) is 1.85. The first-order chi connectivity index (χ1) is 8.60. The summed E-state index contributed by atoms with van der Waals surface area (Å²) in [6, 6.07) is 3.89. The largest absolute Gasteiger partial charge is 0.487 e. The fourth-order valence-electron chi connectivity index (χ4n) is 2.38. The Balaban J connectivity index is 2.06. The summed E-state index contributed by atoms with van der Waals surface area (Å²) in [4.78, 5) is 0. The molecule has 3 nitrogen and oxygen atoms in total. The van der Waals surface area contributed by atoms with Crippen molar-refractivity contribution in [1.29, 1.82) is 0 Å². The van der Waals surface area contributed by atoms with Crippen molar-refractivity contribution in [3.8, 4) is 5.75 Å². The summed E-state index contributed by atoms with van der Waals surface area (Å²) in [5.41, 5.74) is -0.367. The van der Waals surface area contributed by atoms with Crippen molar-refractivity contribution in [2.75, 3.05) is 13.7 Å². The molecule has 2 rings (SSSR count). The molecule has 1 saturated carbocycles. The predicted molar refractivity (Wildman–Crippen MR) is 63.5 cm³/mol. The highest BCUT2D eigenvalue weighted by atomic mass is 19.2. The van der Waals surface area contributed by atoms with E-state index in [0.29, 0.717) is 12.8 Å². The average Bonchev–Trinajstić information content (AvgIpc) is 2.79. The molecule has 0 aromatic heterocycles. The number of hydrogen-bond acceptors (Lipinski definition) is 3. The summed E-state index contributed by atoms with van der Waals surface area (Å²) >= 11 is 0. The summed E-state index contributed by atoms with van der Waals surface area (Å²) in [5, 5.41) is 12.4. The van der Waals surface area contributed by atoms with E-state index >= 15 is 0 Å². The molecule has 1 aromatic carbocycles. The average molecular weight is 257 g/mol. The summed E-state index contributed by atoms with van der Waals surface area (Å²) in [5.74, 6) is -1.93. The molecule has 18 heavy (non-hydrogen) atoms. The molecule has 100 valence electrons. The second kappa shape index (κ2) is 5.20. The molecule has 0 amide bonds. The lowest BCUT2D eigenvalue weighted by Gasteiger charge is -2.26. The Hall–Kier alpha value is -1.20. The van der Waals surface area contributed by atoms with Gasteiger partial charge < -0.3 is 15.2 Å². The Morgan fingerprint density at radius 3 is 2.89 bits per heavy atom. The van der Waals surface area contributed by atoms with Crippen molar-refractivity contribution in [3.05, 3.63) is 29.8 Å². The molecule has 1 aliphatic carbocycles. The molecular weight excluding hydrogens is 240 g/mol. The van der Waals surface area contributed by atoms with E-state index in [1.165, 1.54) is 12.1 Å². The van der Waals surface area contributed by atoms with Crippen LogP contribution in [0.2, 0.25) is 0 Å². The van der Waals surface area contributed by atoms with Gasteiger partial charge in [-0.1, -0.05) is 6.07 Å². The lowest BCUT2D eigenvalue weighted by molar-refractivity contribution is 0.143. The van der Waals surface area contributed by atoms with Crippen LogP contribution in [-0.2, 0) is 0 Å². The van der Waals surface area contributed by atoms with Gasteiger partial charge in [-0.2, -0.15) is 4.39 Å². The van der Waals surface area contributed by atoms with Crippen LogP contribution in [0.3, 0.4) is 0 Å². The topological polar surface area (TPSA) is 41.5 Å². The van der Waals surface area contributed by atoms with E-state index in [2.05, 4.69) is 5.32 Å². The Morgan fingerprint density at radius 2 is 2.28 bits per heavy atom. The fourth-order valence-corrected chi connectivity index (χ4v) is 2.38. The third kappa shape index (κ3) is 2.47. The van der Waals surface area contributed by atoms with Crippen LogP contribution in [0.15, 0.2) is 18.2 Å². The highest BCUT2D eigenvalue weighted by molar-refractivity contribution is 5.25. The maximum Gasteiger partial charge on any atom is 0.200 e. The van der Waals surface area contributed by atoms with E-state index in [9.17, 15) is 13.9 Å². The van der Waals surface area contributed by atoms with E-state index in [1.807, 2.05) is 0 Å². The fraction of sp³-hybridized carbons (Fsp3) is 0.538. The van der Waals surface area contributed by atoms with Gasteiger partial charge in [-0.05, 0) is 32.0 Å². The second-order valence-electron chi connectivity index (χ2n) is 4.72. The first-order valence-corrected chi connectivity index (χ1v) is 6.01. The van der Waals surface area contributed by atoms with Crippen molar-refractivity contribution < 1.29 is 18.6 Å². The van der Waals surface area contributed by atoms with Gasteiger partial charge in [-0.25, -0.2) is 4.39 Å². The zero-order chi connectivity index (χ0) is 13.2. The molecule has 2 atom stereocenters. The molecule has 0 saturated heterocycles. The lowest BCUT2D eigenvalue weighted by atomic mass is 9.99. The van der Waals surface area contributed by atoms with Crippen LogP contribution in [0.1, 0.15) is 19.3 Å². The van der Waals surface area contributed by atoms with Gasteiger partial charge >= 0.3 is 0 Å². The molecule has 0 aliphatic heterocycles.